The minimum Gasteiger partial charge on any atom is -0.462 e. The number of benzene rings is 2. The lowest BCUT2D eigenvalue weighted by molar-refractivity contribution is -0.159. The Kier molecular flexibility index (Phi) is 12.1. The highest BCUT2D eigenvalue weighted by molar-refractivity contribution is 5.85. The van der Waals surface area contributed by atoms with Crippen LogP contribution in [0, 0.1) is 5.92 Å². The van der Waals surface area contributed by atoms with Gasteiger partial charge in [-0.3, -0.25) is 4.79 Å². The lowest BCUT2D eigenvalue weighted by Crippen LogP contribution is -2.48. The molecule has 0 aliphatic carbocycles. The molecule has 0 saturated heterocycles. The van der Waals surface area contributed by atoms with Crippen LogP contribution in [0.2, 0.25) is 0 Å². The lowest BCUT2D eigenvalue weighted by Gasteiger charge is -2.33. The number of carbonyl (C=O) groups is 2. The number of nitrogens with zero attached hydrogens (tertiary/aromatic N) is 4. The van der Waals surface area contributed by atoms with E-state index in [-0.39, 0.29) is 24.4 Å². The van der Waals surface area contributed by atoms with E-state index < -0.39 is 6.04 Å². The van der Waals surface area contributed by atoms with Crippen LogP contribution in [-0.4, -0.2) is 63.3 Å². The fraction of sp³-hybridized carbons (Fsp3) is 0.500. The maximum absolute atomic E-state index is 13.3. The quantitative estimate of drug-likeness (QED) is 0.192. The molecule has 0 aliphatic rings. The Balaban J connectivity index is 1.78. The highest BCUT2D eigenvalue weighted by atomic mass is 16.6. The number of hydrogen-bond acceptors (Lipinski definition) is 7. The van der Waals surface area contributed by atoms with Gasteiger partial charge in [-0.25, -0.2) is 4.79 Å². The number of carbonyl (C=O) groups excluding carboxylic acids is 2. The van der Waals surface area contributed by atoms with Gasteiger partial charge in [0, 0.05) is 25.1 Å². The van der Waals surface area contributed by atoms with Gasteiger partial charge in [-0.15, -0.1) is 10.2 Å². The zero-order valence-corrected chi connectivity index (χ0v) is 23.6. The van der Waals surface area contributed by atoms with Crippen LogP contribution < -0.4 is 0 Å². The summed E-state index contributed by atoms with van der Waals surface area (Å²) in [6.07, 6.45) is 4.09. The van der Waals surface area contributed by atoms with Crippen molar-refractivity contribution in [1.29, 1.82) is 0 Å². The van der Waals surface area contributed by atoms with E-state index in [1.165, 1.54) is 0 Å². The van der Waals surface area contributed by atoms with Crippen LogP contribution in [0.25, 0.3) is 22.5 Å². The highest BCUT2D eigenvalue weighted by Crippen LogP contribution is 2.30. The van der Waals surface area contributed by atoms with Gasteiger partial charge in [0.05, 0.1) is 6.61 Å². The van der Waals surface area contributed by atoms with Crippen molar-refractivity contribution in [3.8, 4) is 22.5 Å². The molecule has 9 nitrogen and oxygen atoms in total. The molecule has 3 aromatic rings. The Labute approximate surface area is 231 Å². The molecule has 0 bridgehead atoms. The smallest absolute Gasteiger partial charge is 0.329 e. The van der Waals surface area contributed by atoms with Gasteiger partial charge in [0.2, 0.25) is 11.7 Å². The second-order valence-corrected chi connectivity index (χ2v) is 9.93. The fourth-order valence-corrected chi connectivity index (χ4v) is 4.40. The predicted octanol–water partition coefficient (Wildman–Crippen LogP) is 5.44. The number of amides is 1. The number of aromatic nitrogens is 4. The normalized spacial score (nSPS) is 11.9. The number of H-pyrrole nitrogens is 1. The van der Waals surface area contributed by atoms with Crippen molar-refractivity contribution in [1.82, 2.24) is 25.5 Å². The van der Waals surface area contributed by atoms with Crippen LogP contribution in [0.3, 0.4) is 0 Å². The number of nitrogens with one attached hydrogen (secondary N) is 1. The summed E-state index contributed by atoms with van der Waals surface area (Å²) in [5, 5.41) is 14.4. The van der Waals surface area contributed by atoms with E-state index in [9.17, 15) is 9.59 Å². The van der Waals surface area contributed by atoms with Crippen LogP contribution in [-0.2, 0) is 25.6 Å². The molecular formula is C30H41N5O4. The summed E-state index contributed by atoms with van der Waals surface area (Å²) in [7, 11) is 0. The van der Waals surface area contributed by atoms with Gasteiger partial charge >= 0.3 is 5.97 Å². The Morgan fingerprint density at radius 2 is 1.64 bits per heavy atom. The first-order valence-electron chi connectivity index (χ1n) is 13.9. The average molecular weight is 536 g/mol. The zero-order chi connectivity index (χ0) is 28.0. The van der Waals surface area contributed by atoms with Crippen LogP contribution >= 0.6 is 0 Å². The van der Waals surface area contributed by atoms with E-state index in [0.29, 0.717) is 32.0 Å². The molecule has 39 heavy (non-hydrogen) atoms. The number of aromatic amines is 1. The molecule has 210 valence electrons. The summed E-state index contributed by atoms with van der Waals surface area (Å²) in [4.78, 5) is 28.2. The van der Waals surface area contributed by atoms with Gasteiger partial charge in [0.15, 0.2) is 0 Å². The van der Waals surface area contributed by atoms with Crippen molar-refractivity contribution in [2.45, 2.75) is 72.4 Å². The molecule has 0 aliphatic heterocycles. The molecule has 1 N–H and O–H groups in total. The Morgan fingerprint density at radius 1 is 0.923 bits per heavy atom. The van der Waals surface area contributed by atoms with Gasteiger partial charge in [-0.2, -0.15) is 5.21 Å². The molecule has 1 atom stereocenters. The summed E-state index contributed by atoms with van der Waals surface area (Å²) in [5.74, 6) is -0.0144. The third kappa shape index (κ3) is 8.71. The van der Waals surface area contributed by atoms with E-state index in [2.05, 4.69) is 34.5 Å². The first-order valence-corrected chi connectivity index (χ1v) is 13.9. The van der Waals surface area contributed by atoms with E-state index >= 15 is 0 Å². The third-order valence-corrected chi connectivity index (χ3v) is 6.52. The third-order valence-electron chi connectivity index (χ3n) is 6.52. The van der Waals surface area contributed by atoms with Gasteiger partial charge in [-0.1, -0.05) is 89.1 Å². The van der Waals surface area contributed by atoms with Crippen molar-refractivity contribution in [2.75, 3.05) is 19.8 Å². The molecule has 2 aromatic carbocycles. The van der Waals surface area contributed by atoms with Crippen molar-refractivity contribution in [2.24, 2.45) is 5.92 Å². The molecule has 1 aromatic heterocycles. The van der Waals surface area contributed by atoms with Crippen LogP contribution in [0.1, 0.15) is 65.4 Å². The first-order chi connectivity index (χ1) is 19.0. The Hall–Kier alpha value is -3.59. The predicted molar refractivity (Wildman–Crippen MR) is 150 cm³/mol. The largest absolute Gasteiger partial charge is 0.462 e. The number of ether oxygens (including phenoxy) is 2. The maximum Gasteiger partial charge on any atom is 0.329 e. The van der Waals surface area contributed by atoms with E-state index in [4.69, 9.17) is 9.47 Å². The number of tetrazole rings is 1. The van der Waals surface area contributed by atoms with E-state index in [1.54, 1.807) is 4.90 Å². The van der Waals surface area contributed by atoms with Gasteiger partial charge in [0.25, 0.3) is 0 Å². The summed E-state index contributed by atoms with van der Waals surface area (Å²) in [5.41, 5.74) is 3.77. The molecule has 1 heterocycles. The summed E-state index contributed by atoms with van der Waals surface area (Å²) in [6, 6.07) is 15.2. The minimum atomic E-state index is -0.677. The van der Waals surface area contributed by atoms with Crippen LogP contribution in [0.5, 0.6) is 0 Å². The zero-order valence-electron chi connectivity index (χ0n) is 23.6. The molecule has 3 rings (SSSR count). The summed E-state index contributed by atoms with van der Waals surface area (Å²) >= 11 is 0. The van der Waals surface area contributed by atoms with Crippen LogP contribution in [0.15, 0.2) is 48.5 Å². The second-order valence-electron chi connectivity index (χ2n) is 9.93. The first kappa shape index (κ1) is 30.0. The second kappa shape index (κ2) is 15.7. The van der Waals surface area contributed by atoms with Crippen molar-refractivity contribution in [3.05, 3.63) is 54.1 Å². The molecule has 0 spiro atoms. The molecule has 0 unspecified atom stereocenters. The number of unbranched alkanes of at least 4 members (excludes halogenated alkanes) is 2. The average Bonchev–Trinajstić information content (AvgIpc) is 3.48. The number of rotatable bonds is 16. The standard InChI is InChI=1S/C30H41N5O4/c1-5-7-13-27(36)35(28(22(3)4)30(37)39-20-19-38-18-8-6-2)21-23-14-16-24(17-15-23)25-11-9-10-12-26(25)29-31-33-34-32-29/h9-12,14-17,22,28H,5-8,13,18-21H2,1-4H3,(H,31,32,33,34)/t28-/m0/s1. The molecule has 0 radical (unpaired) electrons. The monoisotopic (exact) mass is 535 g/mol. The van der Waals surface area contributed by atoms with Crippen molar-refractivity contribution in [3.63, 3.8) is 0 Å². The highest BCUT2D eigenvalue weighted by Gasteiger charge is 2.33. The van der Waals surface area contributed by atoms with Gasteiger partial charge in [0.1, 0.15) is 12.6 Å². The van der Waals surface area contributed by atoms with Crippen LogP contribution in [0.4, 0.5) is 0 Å². The molecule has 9 heteroatoms. The summed E-state index contributed by atoms with van der Waals surface area (Å²) < 4.78 is 11.1. The van der Waals surface area contributed by atoms with Crippen molar-refractivity contribution < 1.29 is 19.1 Å². The van der Waals surface area contributed by atoms with E-state index in [0.717, 1.165) is 47.9 Å². The summed E-state index contributed by atoms with van der Waals surface area (Å²) in [6.45, 7) is 9.55. The topological polar surface area (TPSA) is 110 Å². The molecule has 0 saturated carbocycles. The Bertz CT molecular complexity index is 1150. The van der Waals surface area contributed by atoms with Gasteiger partial charge in [-0.05, 0) is 40.7 Å². The lowest BCUT2D eigenvalue weighted by atomic mass is 9.97. The SMILES string of the molecule is CCCCOCCOC(=O)[C@H](C(C)C)N(Cc1ccc(-c2ccccc2-c2nn[nH]n2)cc1)C(=O)CCCC. The van der Waals surface area contributed by atoms with Crippen molar-refractivity contribution >= 4 is 11.9 Å². The number of hydrogen-bond donors (Lipinski definition) is 1. The Morgan fingerprint density at radius 3 is 2.28 bits per heavy atom. The molecule has 0 fully saturated rings. The molecular weight excluding hydrogens is 494 g/mol. The minimum absolute atomic E-state index is 0.0433. The molecule has 1 amide bonds. The maximum atomic E-state index is 13.3. The fourth-order valence-electron chi connectivity index (χ4n) is 4.40. The van der Waals surface area contributed by atoms with Gasteiger partial charge < -0.3 is 14.4 Å². The van der Waals surface area contributed by atoms with E-state index in [1.807, 2.05) is 62.4 Å². The number of esters is 1.